The average molecular weight is 328 g/mol. The first kappa shape index (κ1) is 17.4. The maximum atomic E-state index is 11.8. The van der Waals surface area contributed by atoms with Crippen LogP contribution in [0.5, 0.6) is 0 Å². The van der Waals surface area contributed by atoms with Crippen LogP contribution in [0.25, 0.3) is 0 Å². The molecule has 1 saturated heterocycles. The van der Waals surface area contributed by atoms with Gasteiger partial charge in [0.25, 0.3) is 0 Å². The van der Waals surface area contributed by atoms with Crippen molar-refractivity contribution in [3.05, 3.63) is 18.5 Å². The Bertz CT molecular complexity index is 528. The number of piperidine rings is 1. The van der Waals surface area contributed by atoms with Gasteiger partial charge >= 0.3 is 0 Å². The number of rotatable bonds is 8. The highest BCUT2D eigenvalue weighted by Crippen LogP contribution is 2.20. The molecule has 0 spiro atoms. The molecule has 1 unspecified atom stereocenters. The molecule has 1 aliphatic rings. The minimum absolute atomic E-state index is 0.238. The summed E-state index contributed by atoms with van der Waals surface area (Å²) in [5.41, 5.74) is 0. The fourth-order valence-corrected chi connectivity index (χ4v) is 3.89. The lowest BCUT2D eigenvalue weighted by Gasteiger charge is -2.36. The van der Waals surface area contributed by atoms with Crippen molar-refractivity contribution < 1.29 is 8.42 Å². The molecule has 0 radical (unpaired) electrons. The van der Waals surface area contributed by atoms with Crippen molar-refractivity contribution in [2.24, 2.45) is 0 Å². The molecule has 0 aliphatic carbocycles. The van der Waals surface area contributed by atoms with E-state index >= 15 is 0 Å². The van der Waals surface area contributed by atoms with Gasteiger partial charge in [-0.1, -0.05) is 6.42 Å². The van der Waals surface area contributed by atoms with E-state index in [-0.39, 0.29) is 5.75 Å². The molecular weight excluding hydrogens is 300 g/mol. The molecule has 1 aromatic heterocycles. The van der Waals surface area contributed by atoms with Crippen molar-refractivity contribution >= 4 is 10.0 Å². The molecule has 0 amide bonds. The fraction of sp³-hybridized carbons (Fsp3) is 0.800. The Morgan fingerprint density at radius 1 is 1.27 bits per heavy atom. The molecule has 0 aromatic carbocycles. The van der Waals surface area contributed by atoms with Crippen LogP contribution >= 0.6 is 0 Å². The van der Waals surface area contributed by atoms with E-state index in [1.54, 1.807) is 14.1 Å². The monoisotopic (exact) mass is 328 g/mol. The molecule has 1 atom stereocenters. The van der Waals surface area contributed by atoms with Crippen molar-refractivity contribution in [1.82, 2.24) is 19.0 Å². The molecule has 6 nitrogen and oxygen atoms in total. The van der Waals surface area contributed by atoms with Gasteiger partial charge in [0, 0.05) is 39.1 Å². The van der Waals surface area contributed by atoms with Crippen LogP contribution in [0.2, 0.25) is 0 Å². The number of nitrogens with zero attached hydrogens (tertiary/aromatic N) is 4. The Kier molecular flexibility index (Phi) is 6.40. The lowest BCUT2D eigenvalue weighted by molar-refractivity contribution is 0.135. The maximum absolute atomic E-state index is 11.8. The molecule has 0 bridgehead atoms. The van der Waals surface area contributed by atoms with Gasteiger partial charge in [0.15, 0.2) is 0 Å². The Hall–Kier alpha value is -0.920. The number of aromatic nitrogens is 2. The molecule has 126 valence electrons. The second-order valence-corrected chi connectivity index (χ2v) is 8.50. The summed E-state index contributed by atoms with van der Waals surface area (Å²) in [6, 6.07) is 2.50. The van der Waals surface area contributed by atoms with Gasteiger partial charge in [-0.15, -0.1) is 0 Å². The highest BCUT2D eigenvalue weighted by atomic mass is 32.2. The molecule has 2 heterocycles. The molecule has 7 heteroatoms. The zero-order valence-electron chi connectivity index (χ0n) is 13.7. The first-order valence-corrected chi connectivity index (χ1v) is 9.71. The summed E-state index contributed by atoms with van der Waals surface area (Å²) in [5.74, 6) is 0.238. The van der Waals surface area contributed by atoms with Crippen LogP contribution in [-0.4, -0.2) is 66.4 Å². The normalized spacial score (nSPS) is 20.6. The fourth-order valence-electron chi connectivity index (χ4n) is 3.03. The third kappa shape index (κ3) is 5.07. The van der Waals surface area contributed by atoms with Gasteiger partial charge in [0.05, 0.1) is 5.75 Å². The number of hydrogen-bond acceptors (Lipinski definition) is 4. The smallest absolute Gasteiger partial charge is 0.213 e. The van der Waals surface area contributed by atoms with Crippen LogP contribution in [0.3, 0.4) is 0 Å². The van der Waals surface area contributed by atoms with Crippen LogP contribution in [0.15, 0.2) is 18.5 Å². The number of aryl methyl sites for hydroxylation is 1. The third-order valence-corrected chi connectivity index (χ3v) is 6.32. The van der Waals surface area contributed by atoms with Crippen molar-refractivity contribution in [1.29, 1.82) is 0 Å². The SMILES string of the molecule is CN(C)S(=O)(=O)CCCN1CCCCC1CCn1cccn1. The Labute approximate surface area is 134 Å². The van der Waals surface area contributed by atoms with Crippen LogP contribution in [0.1, 0.15) is 32.1 Å². The molecule has 0 N–H and O–H groups in total. The highest BCUT2D eigenvalue weighted by Gasteiger charge is 2.23. The van der Waals surface area contributed by atoms with Crippen molar-refractivity contribution in [2.45, 2.75) is 44.7 Å². The summed E-state index contributed by atoms with van der Waals surface area (Å²) in [6.45, 7) is 2.90. The van der Waals surface area contributed by atoms with Gasteiger partial charge in [-0.2, -0.15) is 5.10 Å². The largest absolute Gasteiger partial charge is 0.300 e. The molecule has 22 heavy (non-hydrogen) atoms. The van der Waals surface area contributed by atoms with Gasteiger partial charge in [0.2, 0.25) is 10.0 Å². The standard InChI is InChI=1S/C15H28N4O2S/c1-17(2)22(20,21)14-6-11-18-10-4-3-7-15(18)8-13-19-12-5-9-16-19/h5,9,12,15H,3-4,6-8,10-11,13-14H2,1-2H3. The first-order valence-electron chi connectivity index (χ1n) is 8.11. The van der Waals surface area contributed by atoms with Gasteiger partial charge in [-0.25, -0.2) is 12.7 Å². The van der Waals surface area contributed by atoms with Crippen molar-refractivity contribution in [3.8, 4) is 0 Å². The van der Waals surface area contributed by atoms with E-state index in [0.29, 0.717) is 12.5 Å². The molecule has 1 aromatic rings. The average Bonchev–Trinajstić information content (AvgIpc) is 2.99. The first-order chi connectivity index (χ1) is 10.5. The minimum Gasteiger partial charge on any atom is -0.300 e. The number of likely N-dealkylation sites (tertiary alicyclic amines) is 1. The lowest BCUT2D eigenvalue weighted by Crippen LogP contribution is -2.41. The summed E-state index contributed by atoms with van der Waals surface area (Å²) < 4.78 is 27.0. The van der Waals surface area contributed by atoms with Crippen molar-refractivity contribution in [2.75, 3.05) is 32.9 Å². The van der Waals surface area contributed by atoms with E-state index in [2.05, 4.69) is 10.00 Å². The van der Waals surface area contributed by atoms with E-state index in [1.165, 1.54) is 23.6 Å². The molecule has 1 aliphatic heterocycles. The van der Waals surface area contributed by atoms with Crippen LogP contribution in [-0.2, 0) is 16.6 Å². The lowest BCUT2D eigenvalue weighted by atomic mass is 9.99. The van der Waals surface area contributed by atoms with E-state index < -0.39 is 10.0 Å². The van der Waals surface area contributed by atoms with Crippen LogP contribution in [0, 0.1) is 0 Å². The molecular formula is C15H28N4O2S. The number of hydrogen-bond donors (Lipinski definition) is 0. The van der Waals surface area contributed by atoms with Crippen molar-refractivity contribution in [3.63, 3.8) is 0 Å². The third-order valence-electron chi connectivity index (χ3n) is 4.40. The van der Waals surface area contributed by atoms with Gasteiger partial charge in [0.1, 0.15) is 0 Å². The topological polar surface area (TPSA) is 58.4 Å². The quantitative estimate of drug-likeness (QED) is 0.724. The van der Waals surface area contributed by atoms with Gasteiger partial charge in [-0.05, 0) is 44.8 Å². The predicted octanol–water partition coefficient (Wildman–Crippen LogP) is 1.41. The van der Waals surface area contributed by atoms with E-state index in [0.717, 1.165) is 26.1 Å². The minimum atomic E-state index is -3.07. The summed E-state index contributed by atoms with van der Waals surface area (Å²) >= 11 is 0. The van der Waals surface area contributed by atoms with E-state index in [4.69, 9.17) is 0 Å². The number of sulfonamides is 1. The van der Waals surface area contributed by atoms with Gasteiger partial charge < -0.3 is 4.90 Å². The van der Waals surface area contributed by atoms with E-state index in [9.17, 15) is 8.42 Å². The second-order valence-electron chi connectivity index (χ2n) is 6.20. The molecule has 1 fully saturated rings. The summed E-state index contributed by atoms with van der Waals surface area (Å²) in [5, 5.41) is 4.25. The predicted molar refractivity (Wildman–Crippen MR) is 88.1 cm³/mol. The molecule has 0 saturated carbocycles. The Balaban J connectivity index is 1.79. The van der Waals surface area contributed by atoms with E-state index in [1.807, 2.05) is 23.1 Å². The summed E-state index contributed by atoms with van der Waals surface area (Å²) in [6.07, 6.45) is 9.30. The van der Waals surface area contributed by atoms with Crippen LogP contribution < -0.4 is 0 Å². The maximum Gasteiger partial charge on any atom is 0.213 e. The zero-order valence-corrected chi connectivity index (χ0v) is 14.5. The Morgan fingerprint density at radius 2 is 2.09 bits per heavy atom. The van der Waals surface area contributed by atoms with Crippen LogP contribution in [0.4, 0.5) is 0 Å². The summed E-state index contributed by atoms with van der Waals surface area (Å²) in [7, 11) is 0.129. The summed E-state index contributed by atoms with van der Waals surface area (Å²) in [4.78, 5) is 2.47. The zero-order chi connectivity index (χ0) is 16.0. The Morgan fingerprint density at radius 3 is 2.77 bits per heavy atom. The second kappa shape index (κ2) is 8.08. The highest BCUT2D eigenvalue weighted by molar-refractivity contribution is 7.89. The van der Waals surface area contributed by atoms with Gasteiger partial charge in [-0.3, -0.25) is 4.68 Å². The molecule has 2 rings (SSSR count).